The predicted octanol–water partition coefficient (Wildman–Crippen LogP) is 4.01. The lowest BCUT2D eigenvalue weighted by atomic mass is 10.2. The third-order valence-electron chi connectivity index (χ3n) is 2.12. The molecule has 0 radical (unpaired) electrons. The average Bonchev–Trinajstić information content (AvgIpc) is 2.29. The fraction of sp³-hybridized carbons (Fsp3) is 0.0769. The van der Waals surface area contributed by atoms with Crippen molar-refractivity contribution in [2.75, 3.05) is 0 Å². The molecular weight excluding hydrogens is 255 g/mol. The summed E-state index contributed by atoms with van der Waals surface area (Å²) < 4.78 is 0. The van der Waals surface area contributed by atoms with Gasteiger partial charge in [0, 0.05) is 28.7 Å². The highest BCUT2D eigenvalue weighted by molar-refractivity contribution is 6.35. The van der Waals surface area contributed by atoms with Crippen molar-refractivity contribution in [1.82, 2.24) is 4.98 Å². The Morgan fingerprint density at radius 2 is 1.94 bits per heavy atom. The Hall–Kier alpha value is -1.38. The minimum atomic E-state index is 0.595. The molecule has 0 aliphatic carbocycles. The van der Waals surface area contributed by atoms with Crippen LogP contribution in [0.1, 0.15) is 11.1 Å². The monoisotopic (exact) mass is 264 g/mol. The van der Waals surface area contributed by atoms with Gasteiger partial charge in [-0.25, -0.2) is 0 Å². The van der Waals surface area contributed by atoms with Gasteiger partial charge in [0.15, 0.2) is 0 Å². The first-order chi connectivity index (χ1) is 8.24. The topological polar surface area (TPSA) is 25.2 Å². The average molecular weight is 265 g/mol. The van der Waals surface area contributed by atoms with E-state index in [1.807, 2.05) is 24.3 Å². The summed E-state index contributed by atoms with van der Waals surface area (Å²) in [5.41, 5.74) is 1.96. The maximum atomic E-state index is 5.89. The SMILES string of the molecule is Clc1cc(Cl)cc(C=NCc2cccnc2)c1. The summed E-state index contributed by atoms with van der Waals surface area (Å²) in [6.07, 6.45) is 5.29. The lowest BCUT2D eigenvalue weighted by Crippen LogP contribution is -1.85. The molecule has 17 heavy (non-hydrogen) atoms. The van der Waals surface area contributed by atoms with E-state index in [0.29, 0.717) is 16.6 Å². The van der Waals surface area contributed by atoms with Crippen LogP contribution >= 0.6 is 23.2 Å². The predicted molar refractivity (Wildman–Crippen MR) is 72.0 cm³/mol. The molecule has 0 fully saturated rings. The van der Waals surface area contributed by atoms with Gasteiger partial charge in [-0.2, -0.15) is 0 Å². The zero-order valence-electron chi connectivity index (χ0n) is 8.98. The molecular formula is C13H10Cl2N2. The number of nitrogens with zero attached hydrogens (tertiary/aromatic N) is 2. The molecule has 1 heterocycles. The third-order valence-corrected chi connectivity index (χ3v) is 2.56. The minimum Gasteiger partial charge on any atom is -0.288 e. The number of aliphatic imine (C=N–C) groups is 1. The van der Waals surface area contributed by atoms with Crippen LogP contribution in [0.3, 0.4) is 0 Å². The van der Waals surface area contributed by atoms with Crippen LogP contribution < -0.4 is 0 Å². The Labute approximate surface area is 110 Å². The summed E-state index contributed by atoms with van der Waals surface area (Å²) in [4.78, 5) is 8.33. The second-order valence-corrected chi connectivity index (χ2v) is 4.41. The summed E-state index contributed by atoms with van der Waals surface area (Å²) in [6, 6.07) is 9.21. The fourth-order valence-electron chi connectivity index (χ4n) is 1.40. The molecule has 1 aromatic carbocycles. The largest absolute Gasteiger partial charge is 0.288 e. The minimum absolute atomic E-state index is 0.595. The Kier molecular flexibility index (Phi) is 4.13. The number of hydrogen-bond donors (Lipinski definition) is 0. The van der Waals surface area contributed by atoms with E-state index in [-0.39, 0.29) is 0 Å². The molecule has 0 bridgehead atoms. The molecule has 2 nitrogen and oxygen atoms in total. The van der Waals surface area contributed by atoms with E-state index in [9.17, 15) is 0 Å². The first kappa shape index (κ1) is 12.1. The molecule has 0 unspecified atom stereocenters. The molecule has 2 aromatic rings. The molecule has 0 aliphatic heterocycles. The highest BCUT2D eigenvalue weighted by atomic mass is 35.5. The Morgan fingerprint density at radius 3 is 2.59 bits per heavy atom. The molecule has 0 N–H and O–H groups in total. The highest BCUT2D eigenvalue weighted by Gasteiger charge is 1.95. The Balaban J connectivity index is 2.06. The van der Waals surface area contributed by atoms with Crippen molar-refractivity contribution in [3.8, 4) is 0 Å². The van der Waals surface area contributed by atoms with E-state index in [1.165, 1.54) is 0 Å². The number of aromatic nitrogens is 1. The molecule has 0 aliphatic rings. The molecule has 1 aromatic heterocycles. The Morgan fingerprint density at radius 1 is 1.18 bits per heavy atom. The summed E-state index contributed by atoms with van der Waals surface area (Å²) >= 11 is 11.8. The fourth-order valence-corrected chi connectivity index (χ4v) is 1.94. The van der Waals surface area contributed by atoms with Crippen LogP contribution in [-0.2, 0) is 6.54 Å². The number of halogens is 2. The summed E-state index contributed by atoms with van der Waals surface area (Å²) in [7, 11) is 0. The zero-order valence-corrected chi connectivity index (χ0v) is 10.5. The van der Waals surface area contributed by atoms with Gasteiger partial charge < -0.3 is 0 Å². The van der Waals surface area contributed by atoms with Gasteiger partial charge in [-0.1, -0.05) is 29.3 Å². The van der Waals surface area contributed by atoms with Gasteiger partial charge in [-0.05, 0) is 35.4 Å². The lowest BCUT2D eigenvalue weighted by Gasteiger charge is -1.97. The summed E-state index contributed by atoms with van der Waals surface area (Å²) in [6.45, 7) is 0.595. The number of pyridine rings is 1. The second kappa shape index (κ2) is 5.80. The number of hydrogen-bond acceptors (Lipinski definition) is 2. The normalized spacial score (nSPS) is 10.9. The molecule has 0 saturated carbocycles. The van der Waals surface area contributed by atoms with Crippen molar-refractivity contribution >= 4 is 29.4 Å². The summed E-state index contributed by atoms with van der Waals surface area (Å²) in [5.74, 6) is 0. The van der Waals surface area contributed by atoms with Gasteiger partial charge in [0.2, 0.25) is 0 Å². The van der Waals surface area contributed by atoms with Crippen LogP contribution in [0.15, 0.2) is 47.7 Å². The van der Waals surface area contributed by atoms with Gasteiger partial charge >= 0.3 is 0 Å². The molecule has 4 heteroatoms. The van der Waals surface area contributed by atoms with E-state index in [2.05, 4.69) is 9.98 Å². The summed E-state index contributed by atoms with van der Waals surface area (Å²) in [5, 5.41) is 1.22. The van der Waals surface area contributed by atoms with Crippen molar-refractivity contribution in [3.63, 3.8) is 0 Å². The van der Waals surface area contributed by atoms with Crippen LogP contribution in [-0.4, -0.2) is 11.2 Å². The number of rotatable bonds is 3. The van der Waals surface area contributed by atoms with E-state index in [4.69, 9.17) is 23.2 Å². The zero-order chi connectivity index (χ0) is 12.1. The van der Waals surface area contributed by atoms with Crippen LogP contribution in [0.5, 0.6) is 0 Å². The van der Waals surface area contributed by atoms with Crippen molar-refractivity contribution in [1.29, 1.82) is 0 Å². The Bertz CT molecular complexity index is 504. The van der Waals surface area contributed by atoms with E-state index in [0.717, 1.165) is 11.1 Å². The van der Waals surface area contributed by atoms with Crippen molar-refractivity contribution in [2.24, 2.45) is 4.99 Å². The first-order valence-electron chi connectivity index (χ1n) is 5.09. The van der Waals surface area contributed by atoms with Crippen LogP contribution in [0, 0.1) is 0 Å². The van der Waals surface area contributed by atoms with Crippen LogP contribution in [0.4, 0.5) is 0 Å². The molecule has 0 amide bonds. The maximum Gasteiger partial charge on any atom is 0.0654 e. The first-order valence-corrected chi connectivity index (χ1v) is 5.84. The van der Waals surface area contributed by atoms with Gasteiger partial charge in [0.1, 0.15) is 0 Å². The van der Waals surface area contributed by atoms with Crippen LogP contribution in [0.25, 0.3) is 0 Å². The second-order valence-electron chi connectivity index (χ2n) is 3.53. The smallest absolute Gasteiger partial charge is 0.0654 e. The maximum absolute atomic E-state index is 5.89. The lowest BCUT2D eigenvalue weighted by molar-refractivity contribution is 1.05. The van der Waals surface area contributed by atoms with Crippen LogP contribution in [0.2, 0.25) is 10.0 Å². The van der Waals surface area contributed by atoms with E-state index < -0.39 is 0 Å². The standard InChI is InChI=1S/C13H10Cl2N2/c14-12-4-11(5-13(15)6-12)9-17-8-10-2-1-3-16-7-10/h1-7,9H,8H2. The van der Waals surface area contributed by atoms with E-state index >= 15 is 0 Å². The van der Waals surface area contributed by atoms with Gasteiger partial charge in [-0.3, -0.25) is 9.98 Å². The van der Waals surface area contributed by atoms with Gasteiger partial charge in [0.05, 0.1) is 6.54 Å². The van der Waals surface area contributed by atoms with Crippen molar-refractivity contribution in [2.45, 2.75) is 6.54 Å². The quantitative estimate of drug-likeness (QED) is 0.770. The molecule has 86 valence electrons. The highest BCUT2D eigenvalue weighted by Crippen LogP contribution is 2.17. The van der Waals surface area contributed by atoms with Crippen molar-refractivity contribution in [3.05, 3.63) is 63.9 Å². The van der Waals surface area contributed by atoms with Gasteiger partial charge in [-0.15, -0.1) is 0 Å². The molecule has 0 spiro atoms. The third kappa shape index (κ3) is 3.84. The van der Waals surface area contributed by atoms with E-state index in [1.54, 1.807) is 24.7 Å². The van der Waals surface area contributed by atoms with Crippen molar-refractivity contribution < 1.29 is 0 Å². The van der Waals surface area contributed by atoms with Gasteiger partial charge in [0.25, 0.3) is 0 Å². The molecule has 2 rings (SSSR count). The molecule has 0 saturated heterocycles. The molecule has 0 atom stereocenters. The number of benzene rings is 1.